The second kappa shape index (κ2) is 9.26. The fraction of sp³-hybridized carbons (Fsp3) is 0.222. The number of esters is 1. The number of hydrogen-bond donors (Lipinski definition) is 1. The molecule has 5 aromatic rings. The molecule has 182 valence electrons. The molecule has 0 fully saturated rings. The van der Waals surface area contributed by atoms with Crippen LogP contribution in [0, 0.1) is 20.8 Å². The van der Waals surface area contributed by atoms with E-state index in [0.717, 1.165) is 33.0 Å². The zero-order chi connectivity index (χ0) is 25.4. The van der Waals surface area contributed by atoms with Crippen LogP contribution in [0.1, 0.15) is 39.7 Å². The van der Waals surface area contributed by atoms with Crippen molar-refractivity contribution in [3.8, 4) is 5.82 Å². The van der Waals surface area contributed by atoms with Crippen LogP contribution in [-0.4, -0.2) is 38.4 Å². The number of fused-ring (bicyclic) bond motifs is 2. The van der Waals surface area contributed by atoms with E-state index in [1.807, 2.05) is 63.2 Å². The third-order valence-corrected chi connectivity index (χ3v) is 5.95. The van der Waals surface area contributed by atoms with Crippen LogP contribution in [-0.2, 0) is 16.0 Å². The van der Waals surface area contributed by atoms with Crippen LogP contribution in [0.15, 0.2) is 53.2 Å². The third kappa shape index (κ3) is 4.19. The number of anilines is 1. The zero-order valence-electron chi connectivity index (χ0n) is 20.5. The van der Waals surface area contributed by atoms with Gasteiger partial charge in [-0.2, -0.15) is 9.78 Å². The van der Waals surface area contributed by atoms with Crippen molar-refractivity contribution in [2.45, 2.75) is 34.1 Å². The predicted molar refractivity (Wildman–Crippen MR) is 135 cm³/mol. The molecule has 0 atom stereocenters. The maximum Gasteiger partial charge on any atom is 0.343 e. The summed E-state index contributed by atoms with van der Waals surface area (Å²) in [6.07, 6.45) is 1.32. The molecule has 1 N–H and O–H groups in total. The molecule has 9 heteroatoms. The Labute approximate surface area is 207 Å². The average molecular weight is 484 g/mol. The van der Waals surface area contributed by atoms with Gasteiger partial charge in [-0.1, -0.05) is 29.4 Å². The van der Waals surface area contributed by atoms with Gasteiger partial charge < -0.3 is 14.6 Å². The fourth-order valence-electron chi connectivity index (χ4n) is 4.34. The number of carbonyl (C=O) groups excluding carboxylic acids is 2. The number of benzene rings is 2. The van der Waals surface area contributed by atoms with Crippen LogP contribution in [0.4, 0.5) is 5.82 Å². The number of carbonyl (C=O) groups is 2. The molecule has 0 bridgehead atoms. The van der Waals surface area contributed by atoms with Crippen molar-refractivity contribution in [2.24, 2.45) is 0 Å². The summed E-state index contributed by atoms with van der Waals surface area (Å²) in [5, 5.41) is 13.1. The summed E-state index contributed by atoms with van der Waals surface area (Å²) in [5.74, 6) is -0.320. The number of aromatic nitrogens is 4. The van der Waals surface area contributed by atoms with Gasteiger partial charge in [0.1, 0.15) is 11.3 Å². The molecule has 0 spiro atoms. The summed E-state index contributed by atoms with van der Waals surface area (Å²) >= 11 is 0. The Hall–Kier alpha value is -4.53. The highest BCUT2D eigenvalue weighted by molar-refractivity contribution is 6.02. The Morgan fingerprint density at radius 3 is 2.67 bits per heavy atom. The number of rotatable bonds is 6. The van der Waals surface area contributed by atoms with Crippen molar-refractivity contribution in [1.82, 2.24) is 19.9 Å². The lowest BCUT2D eigenvalue weighted by Crippen LogP contribution is -2.20. The molecular formula is C27H25N5O4. The van der Waals surface area contributed by atoms with Gasteiger partial charge in [-0.25, -0.2) is 9.78 Å². The molecule has 0 radical (unpaired) electrons. The minimum atomic E-state index is -0.588. The van der Waals surface area contributed by atoms with Crippen LogP contribution in [0.25, 0.3) is 27.7 Å². The number of para-hydroxylation sites is 1. The standard InChI is InChI=1S/C27H25N5O4/c1-5-35-27(34)20-14-28-32(23-12-16(3)18-8-6-7-9-21(18)29-23)26(20)30-24(33)13-22-19-11-15(2)10-17(4)25(19)36-31-22/h6-12,14H,5,13H2,1-4H3,(H,30,33). The second-order valence-corrected chi connectivity index (χ2v) is 8.67. The molecule has 0 aliphatic rings. The number of nitrogens with one attached hydrogen (secondary N) is 1. The summed E-state index contributed by atoms with van der Waals surface area (Å²) < 4.78 is 12.1. The normalized spacial score (nSPS) is 11.2. The first-order chi connectivity index (χ1) is 17.4. The number of hydrogen-bond acceptors (Lipinski definition) is 7. The maximum absolute atomic E-state index is 13.2. The minimum Gasteiger partial charge on any atom is -0.462 e. The summed E-state index contributed by atoms with van der Waals surface area (Å²) in [5.41, 5.74) is 5.05. The van der Waals surface area contributed by atoms with Gasteiger partial charge in [0, 0.05) is 10.8 Å². The van der Waals surface area contributed by atoms with Crippen molar-refractivity contribution in [1.29, 1.82) is 0 Å². The molecule has 0 unspecified atom stereocenters. The number of nitrogens with zero attached hydrogens (tertiary/aromatic N) is 4. The van der Waals surface area contributed by atoms with Crippen molar-refractivity contribution in [2.75, 3.05) is 11.9 Å². The SMILES string of the molecule is CCOC(=O)c1cnn(-c2cc(C)c3ccccc3n2)c1NC(=O)Cc1noc2c(C)cc(C)cc12. The van der Waals surface area contributed by atoms with E-state index in [1.165, 1.54) is 10.9 Å². The Morgan fingerprint density at radius 1 is 1.06 bits per heavy atom. The fourth-order valence-corrected chi connectivity index (χ4v) is 4.34. The number of aryl methyl sites for hydroxylation is 3. The first-order valence-electron chi connectivity index (χ1n) is 11.6. The molecule has 36 heavy (non-hydrogen) atoms. The number of ether oxygens (including phenoxy) is 1. The average Bonchev–Trinajstić information content (AvgIpc) is 3.44. The van der Waals surface area contributed by atoms with Crippen LogP contribution in [0.2, 0.25) is 0 Å². The first kappa shape index (κ1) is 23.2. The first-order valence-corrected chi connectivity index (χ1v) is 11.6. The molecule has 0 aliphatic heterocycles. The van der Waals surface area contributed by atoms with Crippen molar-refractivity contribution in [3.63, 3.8) is 0 Å². The molecule has 5 rings (SSSR count). The summed E-state index contributed by atoms with van der Waals surface area (Å²) in [4.78, 5) is 30.5. The van der Waals surface area contributed by atoms with Gasteiger partial charge >= 0.3 is 5.97 Å². The number of amides is 1. The van der Waals surface area contributed by atoms with E-state index < -0.39 is 5.97 Å². The third-order valence-electron chi connectivity index (χ3n) is 5.95. The van der Waals surface area contributed by atoms with E-state index in [2.05, 4.69) is 15.6 Å². The van der Waals surface area contributed by atoms with E-state index in [-0.39, 0.29) is 30.3 Å². The topological polar surface area (TPSA) is 112 Å². The van der Waals surface area contributed by atoms with Crippen molar-refractivity contribution < 1.29 is 18.8 Å². The van der Waals surface area contributed by atoms with Gasteiger partial charge in [0.15, 0.2) is 17.2 Å². The zero-order valence-corrected chi connectivity index (χ0v) is 20.5. The Kier molecular flexibility index (Phi) is 5.97. The summed E-state index contributed by atoms with van der Waals surface area (Å²) in [6.45, 7) is 7.79. The number of pyridine rings is 1. The Morgan fingerprint density at radius 2 is 1.86 bits per heavy atom. The summed E-state index contributed by atoms with van der Waals surface area (Å²) in [7, 11) is 0. The minimum absolute atomic E-state index is 0.0481. The smallest absolute Gasteiger partial charge is 0.343 e. The van der Waals surface area contributed by atoms with E-state index in [1.54, 1.807) is 6.92 Å². The molecule has 1 amide bonds. The molecule has 0 saturated carbocycles. The lowest BCUT2D eigenvalue weighted by atomic mass is 10.1. The molecule has 0 aliphatic carbocycles. The largest absolute Gasteiger partial charge is 0.462 e. The second-order valence-electron chi connectivity index (χ2n) is 8.67. The lowest BCUT2D eigenvalue weighted by molar-refractivity contribution is -0.115. The molecule has 2 aromatic carbocycles. The summed E-state index contributed by atoms with van der Waals surface area (Å²) in [6, 6.07) is 13.5. The van der Waals surface area contributed by atoms with Gasteiger partial charge in [0.25, 0.3) is 0 Å². The Bertz CT molecular complexity index is 1630. The highest BCUT2D eigenvalue weighted by Crippen LogP contribution is 2.27. The highest BCUT2D eigenvalue weighted by atomic mass is 16.5. The van der Waals surface area contributed by atoms with E-state index in [0.29, 0.717) is 17.1 Å². The van der Waals surface area contributed by atoms with Crippen LogP contribution in [0.5, 0.6) is 0 Å². The van der Waals surface area contributed by atoms with E-state index >= 15 is 0 Å². The van der Waals surface area contributed by atoms with E-state index in [9.17, 15) is 9.59 Å². The highest BCUT2D eigenvalue weighted by Gasteiger charge is 2.24. The molecule has 3 heterocycles. The maximum atomic E-state index is 13.2. The van der Waals surface area contributed by atoms with Crippen LogP contribution < -0.4 is 5.32 Å². The molecule has 0 saturated heterocycles. The molecule has 9 nitrogen and oxygen atoms in total. The van der Waals surface area contributed by atoms with Gasteiger partial charge in [-0.15, -0.1) is 0 Å². The quantitative estimate of drug-likeness (QED) is 0.344. The van der Waals surface area contributed by atoms with Crippen LogP contribution in [0.3, 0.4) is 0 Å². The Balaban J connectivity index is 1.53. The van der Waals surface area contributed by atoms with Gasteiger partial charge in [-0.05, 0) is 62.6 Å². The predicted octanol–water partition coefficient (Wildman–Crippen LogP) is 4.84. The molecular weight excluding hydrogens is 458 g/mol. The van der Waals surface area contributed by atoms with Gasteiger partial charge in [-0.3, -0.25) is 4.79 Å². The van der Waals surface area contributed by atoms with Crippen LogP contribution >= 0.6 is 0 Å². The monoisotopic (exact) mass is 483 g/mol. The molecule has 3 aromatic heterocycles. The van der Waals surface area contributed by atoms with Crippen molar-refractivity contribution >= 4 is 39.6 Å². The van der Waals surface area contributed by atoms with E-state index in [4.69, 9.17) is 14.2 Å². The van der Waals surface area contributed by atoms with Gasteiger partial charge in [0.2, 0.25) is 5.91 Å². The van der Waals surface area contributed by atoms with Crippen molar-refractivity contribution in [3.05, 3.63) is 76.6 Å². The lowest BCUT2D eigenvalue weighted by Gasteiger charge is -2.12. The van der Waals surface area contributed by atoms with Gasteiger partial charge in [0.05, 0.1) is 24.7 Å².